The minimum Gasteiger partial charge on any atom is -0.493 e. The number of anilines is 1. The average molecular weight is 519 g/mol. The Bertz CT molecular complexity index is 1540. The lowest BCUT2D eigenvalue weighted by Crippen LogP contribution is -2.42. The SMILES string of the molecule is COc1cc2cc(C(=O)N3CC(O)Cc4c3cc(OCCC(C)=O)c3ccccc43)[nH]c2c(OC)c1OC. The summed E-state index contributed by atoms with van der Waals surface area (Å²) in [6, 6.07) is 13.1. The third kappa shape index (κ3) is 4.39. The number of nitrogens with zero attached hydrogens (tertiary/aromatic N) is 1. The molecule has 0 spiro atoms. The fraction of sp³-hybridized carbons (Fsp3) is 0.310. The van der Waals surface area contributed by atoms with Crippen LogP contribution < -0.4 is 23.8 Å². The van der Waals surface area contributed by atoms with E-state index >= 15 is 0 Å². The summed E-state index contributed by atoms with van der Waals surface area (Å²) in [6.45, 7) is 1.88. The molecule has 3 aromatic carbocycles. The Morgan fingerprint density at radius 1 is 1.00 bits per heavy atom. The summed E-state index contributed by atoms with van der Waals surface area (Å²) in [7, 11) is 4.58. The third-order valence-electron chi connectivity index (χ3n) is 6.83. The molecule has 0 radical (unpaired) electrons. The average Bonchev–Trinajstić information content (AvgIpc) is 3.35. The van der Waals surface area contributed by atoms with E-state index in [4.69, 9.17) is 18.9 Å². The van der Waals surface area contributed by atoms with E-state index < -0.39 is 6.10 Å². The van der Waals surface area contributed by atoms with Gasteiger partial charge in [-0.05, 0) is 30.0 Å². The highest BCUT2D eigenvalue weighted by molar-refractivity contribution is 6.11. The number of hydrogen-bond donors (Lipinski definition) is 2. The number of fused-ring (bicyclic) bond motifs is 4. The van der Waals surface area contributed by atoms with Crippen LogP contribution in [0.3, 0.4) is 0 Å². The number of carbonyl (C=O) groups is 2. The number of rotatable bonds is 8. The lowest BCUT2D eigenvalue weighted by Gasteiger charge is -2.33. The predicted octanol–water partition coefficient (Wildman–Crippen LogP) is 4.27. The van der Waals surface area contributed by atoms with Crippen molar-refractivity contribution in [2.24, 2.45) is 0 Å². The molecule has 198 valence electrons. The smallest absolute Gasteiger partial charge is 0.274 e. The zero-order chi connectivity index (χ0) is 27.0. The molecule has 1 unspecified atom stereocenters. The summed E-state index contributed by atoms with van der Waals surface area (Å²) in [6.07, 6.45) is -0.0442. The van der Waals surface area contributed by atoms with Crippen molar-refractivity contribution in [3.05, 3.63) is 53.7 Å². The largest absolute Gasteiger partial charge is 0.493 e. The summed E-state index contributed by atoms with van der Waals surface area (Å²) >= 11 is 0. The molecular weight excluding hydrogens is 488 g/mol. The van der Waals surface area contributed by atoms with E-state index in [0.29, 0.717) is 51.7 Å². The molecule has 2 heterocycles. The van der Waals surface area contributed by atoms with Gasteiger partial charge < -0.3 is 33.9 Å². The minimum absolute atomic E-state index is 0.0368. The highest BCUT2D eigenvalue weighted by Crippen LogP contribution is 2.44. The number of ether oxygens (including phenoxy) is 4. The fourth-order valence-corrected chi connectivity index (χ4v) is 5.07. The van der Waals surface area contributed by atoms with Crippen LogP contribution in [0.4, 0.5) is 5.69 Å². The highest BCUT2D eigenvalue weighted by Gasteiger charge is 2.32. The number of aromatic amines is 1. The van der Waals surface area contributed by atoms with E-state index in [1.165, 1.54) is 28.3 Å². The lowest BCUT2D eigenvalue weighted by molar-refractivity contribution is -0.117. The molecule has 0 bridgehead atoms. The molecule has 0 fully saturated rings. The van der Waals surface area contributed by atoms with Crippen molar-refractivity contribution in [1.29, 1.82) is 0 Å². The predicted molar refractivity (Wildman–Crippen MR) is 144 cm³/mol. The summed E-state index contributed by atoms with van der Waals surface area (Å²) < 4.78 is 22.5. The molecule has 1 atom stereocenters. The molecule has 2 N–H and O–H groups in total. The minimum atomic E-state index is -0.738. The second-order valence-corrected chi connectivity index (χ2v) is 9.28. The van der Waals surface area contributed by atoms with Gasteiger partial charge in [0, 0.05) is 29.7 Å². The second-order valence-electron chi connectivity index (χ2n) is 9.28. The van der Waals surface area contributed by atoms with Gasteiger partial charge in [-0.25, -0.2) is 0 Å². The number of Topliss-reactive ketones (excluding diaryl/α,β-unsaturated/α-hetero) is 1. The van der Waals surface area contributed by atoms with Gasteiger partial charge in [-0.15, -0.1) is 0 Å². The topological polar surface area (TPSA) is 110 Å². The molecule has 0 saturated carbocycles. The van der Waals surface area contributed by atoms with Crippen LogP contribution in [-0.4, -0.2) is 62.4 Å². The van der Waals surface area contributed by atoms with Crippen LogP contribution in [0.25, 0.3) is 21.7 Å². The number of hydrogen-bond acceptors (Lipinski definition) is 7. The summed E-state index contributed by atoms with van der Waals surface area (Å²) in [5.41, 5.74) is 2.44. The molecule has 38 heavy (non-hydrogen) atoms. The zero-order valence-electron chi connectivity index (χ0n) is 21.8. The van der Waals surface area contributed by atoms with Crippen molar-refractivity contribution in [2.75, 3.05) is 39.4 Å². The van der Waals surface area contributed by atoms with E-state index in [-0.39, 0.29) is 31.3 Å². The van der Waals surface area contributed by atoms with Gasteiger partial charge in [-0.1, -0.05) is 24.3 Å². The van der Waals surface area contributed by atoms with Gasteiger partial charge in [0.15, 0.2) is 11.5 Å². The summed E-state index contributed by atoms with van der Waals surface area (Å²) in [5.74, 6) is 1.63. The molecular formula is C29H30N2O7. The number of β-amino-alcohol motifs (C(OH)–C–C–N with tert-alkyl or cyclic N) is 1. The van der Waals surface area contributed by atoms with Crippen molar-refractivity contribution in [2.45, 2.75) is 25.9 Å². The number of aliphatic hydroxyl groups excluding tert-OH is 1. The van der Waals surface area contributed by atoms with E-state index in [1.807, 2.05) is 30.3 Å². The Morgan fingerprint density at radius 2 is 1.74 bits per heavy atom. The molecule has 1 aliphatic heterocycles. The van der Waals surface area contributed by atoms with Crippen molar-refractivity contribution in [3.63, 3.8) is 0 Å². The maximum Gasteiger partial charge on any atom is 0.274 e. The number of carbonyl (C=O) groups excluding carboxylic acids is 2. The Balaban J connectivity index is 1.61. The summed E-state index contributed by atoms with van der Waals surface area (Å²) in [5, 5.41) is 13.3. The number of nitrogens with one attached hydrogen (secondary N) is 1. The van der Waals surface area contributed by atoms with Gasteiger partial charge in [-0.3, -0.25) is 9.59 Å². The first-order chi connectivity index (χ1) is 18.4. The van der Waals surface area contributed by atoms with E-state index in [2.05, 4.69) is 4.98 Å². The van der Waals surface area contributed by atoms with Crippen molar-refractivity contribution in [1.82, 2.24) is 4.98 Å². The Kier molecular flexibility index (Phi) is 6.86. The molecule has 0 aliphatic carbocycles. The first kappa shape index (κ1) is 25.4. The van der Waals surface area contributed by atoms with Crippen LogP contribution in [0.2, 0.25) is 0 Å². The van der Waals surface area contributed by atoms with E-state index in [0.717, 1.165) is 16.3 Å². The molecule has 1 aliphatic rings. The van der Waals surface area contributed by atoms with Gasteiger partial charge in [0.25, 0.3) is 5.91 Å². The maximum atomic E-state index is 13.9. The lowest BCUT2D eigenvalue weighted by atomic mass is 9.93. The molecule has 1 aromatic heterocycles. The Labute approximate surface area is 219 Å². The van der Waals surface area contributed by atoms with Crippen LogP contribution in [0.5, 0.6) is 23.0 Å². The highest BCUT2D eigenvalue weighted by atomic mass is 16.5. The molecule has 4 aromatic rings. The Morgan fingerprint density at radius 3 is 2.42 bits per heavy atom. The van der Waals surface area contributed by atoms with Crippen LogP contribution in [0.1, 0.15) is 29.4 Å². The zero-order valence-corrected chi connectivity index (χ0v) is 21.8. The number of H-pyrrole nitrogens is 1. The monoisotopic (exact) mass is 518 g/mol. The standard InChI is InChI=1S/C29H30N2O7/c1-16(32)9-10-38-24-14-23-21(19-7-5-6-8-20(19)24)13-18(33)15-31(23)29(34)22-11-17-12-25(35-2)27(36-3)28(37-4)26(17)30-22/h5-8,11-12,14,18,30,33H,9-10,13,15H2,1-4H3. The van der Waals surface area contributed by atoms with Crippen molar-refractivity contribution in [3.8, 4) is 23.0 Å². The first-order valence-electron chi connectivity index (χ1n) is 12.3. The quantitative estimate of drug-likeness (QED) is 0.358. The van der Waals surface area contributed by atoms with E-state index in [9.17, 15) is 14.7 Å². The van der Waals surface area contributed by atoms with Gasteiger partial charge in [-0.2, -0.15) is 0 Å². The first-order valence-corrected chi connectivity index (χ1v) is 12.3. The molecule has 9 nitrogen and oxygen atoms in total. The third-order valence-corrected chi connectivity index (χ3v) is 6.83. The Hall–Kier alpha value is -4.24. The summed E-state index contributed by atoms with van der Waals surface area (Å²) in [4.78, 5) is 30.2. The van der Waals surface area contributed by atoms with Crippen molar-refractivity contribution < 1.29 is 33.6 Å². The number of aromatic nitrogens is 1. The van der Waals surface area contributed by atoms with Crippen molar-refractivity contribution >= 4 is 39.1 Å². The van der Waals surface area contributed by atoms with Gasteiger partial charge in [0.1, 0.15) is 17.2 Å². The van der Waals surface area contributed by atoms with Crippen LogP contribution in [0, 0.1) is 0 Å². The molecule has 5 rings (SSSR count). The maximum absolute atomic E-state index is 13.9. The van der Waals surface area contributed by atoms with Crippen LogP contribution >= 0.6 is 0 Å². The molecule has 9 heteroatoms. The number of methoxy groups -OCH3 is 3. The number of aliphatic hydroxyl groups is 1. The van der Waals surface area contributed by atoms with Gasteiger partial charge in [0.2, 0.25) is 5.75 Å². The number of benzene rings is 3. The number of amides is 1. The molecule has 1 amide bonds. The van der Waals surface area contributed by atoms with Crippen LogP contribution in [0.15, 0.2) is 42.5 Å². The number of ketones is 1. The van der Waals surface area contributed by atoms with E-state index in [1.54, 1.807) is 17.0 Å². The second kappa shape index (κ2) is 10.3. The van der Waals surface area contributed by atoms with Gasteiger partial charge in [0.05, 0.1) is 51.8 Å². The van der Waals surface area contributed by atoms with Gasteiger partial charge >= 0.3 is 0 Å². The normalized spacial score (nSPS) is 14.9. The van der Waals surface area contributed by atoms with Crippen LogP contribution in [-0.2, 0) is 11.2 Å². The molecule has 0 saturated heterocycles. The fourth-order valence-electron chi connectivity index (χ4n) is 5.07.